The Hall–Kier alpha value is -1.75. The van der Waals surface area contributed by atoms with Crippen LogP contribution in [0.15, 0.2) is 36.4 Å². The number of phenolic OH excluding ortho intramolecular Hbond substituents is 1. The zero-order valence-corrected chi connectivity index (χ0v) is 10.8. The molecule has 0 aliphatic heterocycles. The lowest BCUT2D eigenvalue weighted by Crippen LogP contribution is -2.12. The highest BCUT2D eigenvalue weighted by Gasteiger charge is 2.07. The Morgan fingerprint density at radius 1 is 1.17 bits per heavy atom. The maximum atomic E-state index is 11.0. The third kappa shape index (κ3) is 3.13. The van der Waals surface area contributed by atoms with Gasteiger partial charge in [-0.2, -0.15) is 0 Å². The van der Waals surface area contributed by atoms with E-state index in [0.717, 1.165) is 17.0 Å². The van der Waals surface area contributed by atoms with E-state index in [2.05, 4.69) is 0 Å². The number of fused-ring (bicyclic) bond motifs is 1. The summed E-state index contributed by atoms with van der Waals surface area (Å²) in [5, 5.41) is 11.6. The van der Waals surface area contributed by atoms with Gasteiger partial charge in [-0.25, -0.2) is 8.42 Å². The van der Waals surface area contributed by atoms with Crippen molar-refractivity contribution in [3.8, 4) is 11.5 Å². The first-order chi connectivity index (χ1) is 8.46. The molecule has 0 aliphatic rings. The molecule has 2 aromatic carbocycles. The fraction of sp³-hybridized carbons (Fsp3) is 0.231. The summed E-state index contributed by atoms with van der Waals surface area (Å²) in [7, 11) is -3.06. The van der Waals surface area contributed by atoms with Gasteiger partial charge in [0.2, 0.25) is 0 Å². The van der Waals surface area contributed by atoms with Crippen LogP contribution in [0.1, 0.15) is 0 Å². The monoisotopic (exact) mass is 266 g/mol. The maximum absolute atomic E-state index is 11.0. The van der Waals surface area contributed by atoms with E-state index in [1.807, 2.05) is 24.3 Å². The molecule has 0 amide bonds. The van der Waals surface area contributed by atoms with Gasteiger partial charge in [-0.05, 0) is 22.9 Å². The largest absolute Gasteiger partial charge is 0.504 e. The minimum atomic E-state index is -3.06. The molecule has 18 heavy (non-hydrogen) atoms. The van der Waals surface area contributed by atoms with Gasteiger partial charge in [-0.1, -0.05) is 24.3 Å². The molecule has 0 aromatic heterocycles. The van der Waals surface area contributed by atoms with E-state index in [-0.39, 0.29) is 18.1 Å². The molecule has 0 atom stereocenters. The van der Waals surface area contributed by atoms with Crippen molar-refractivity contribution in [2.75, 3.05) is 18.6 Å². The molecule has 0 bridgehead atoms. The van der Waals surface area contributed by atoms with Crippen molar-refractivity contribution in [1.82, 2.24) is 0 Å². The maximum Gasteiger partial charge on any atom is 0.161 e. The molecule has 96 valence electrons. The molecule has 0 heterocycles. The van der Waals surface area contributed by atoms with Crippen molar-refractivity contribution < 1.29 is 18.3 Å². The number of hydrogen-bond acceptors (Lipinski definition) is 4. The molecule has 0 radical (unpaired) electrons. The zero-order chi connectivity index (χ0) is 13.2. The molecule has 0 saturated carbocycles. The highest BCUT2D eigenvalue weighted by molar-refractivity contribution is 7.90. The van der Waals surface area contributed by atoms with Crippen molar-refractivity contribution in [2.24, 2.45) is 0 Å². The van der Waals surface area contributed by atoms with E-state index in [1.165, 1.54) is 0 Å². The van der Waals surface area contributed by atoms with Gasteiger partial charge in [0.15, 0.2) is 21.3 Å². The second-order valence-corrected chi connectivity index (χ2v) is 6.41. The first kappa shape index (κ1) is 12.7. The summed E-state index contributed by atoms with van der Waals surface area (Å²) in [5.41, 5.74) is 0. The zero-order valence-electron chi connectivity index (χ0n) is 9.96. The number of sulfone groups is 1. The summed E-state index contributed by atoms with van der Waals surface area (Å²) >= 11 is 0. The van der Waals surface area contributed by atoms with E-state index in [0.29, 0.717) is 5.75 Å². The quantitative estimate of drug-likeness (QED) is 0.919. The molecule has 2 rings (SSSR count). The van der Waals surface area contributed by atoms with Gasteiger partial charge < -0.3 is 9.84 Å². The molecule has 0 fully saturated rings. The Balaban J connectivity index is 2.20. The van der Waals surface area contributed by atoms with Crippen LogP contribution in [-0.4, -0.2) is 32.1 Å². The summed E-state index contributed by atoms with van der Waals surface area (Å²) in [6.07, 6.45) is 1.15. The van der Waals surface area contributed by atoms with Gasteiger partial charge in [0.1, 0.15) is 6.61 Å². The van der Waals surface area contributed by atoms with Crippen LogP contribution in [0, 0.1) is 0 Å². The van der Waals surface area contributed by atoms with Crippen molar-refractivity contribution in [3.05, 3.63) is 36.4 Å². The molecular weight excluding hydrogens is 252 g/mol. The lowest BCUT2D eigenvalue weighted by atomic mass is 10.1. The highest BCUT2D eigenvalue weighted by Crippen LogP contribution is 2.31. The second-order valence-electron chi connectivity index (χ2n) is 4.15. The van der Waals surface area contributed by atoms with Gasteiger partial charge >= 0.3 is 0 Å². The third-order valence-corrected chi connectivity index (χ3v) is 3.45. The van der Waals surface area contributed by atoms with Gasteiger partial charge in [0, 0.05) is 6.26 Å². The van der Waals surface area contributed by atoms with Crippen molar-refractivity contribution >= 4 is 20.6 Å². The average molecular weight is 266 g/mol. The minimum Gasteiger partial charge on any atom is -0.504 e. The highest BCUT2D eigenvalue weighted by atomic mass is 32.2. The van der Waals surface area contributed by atoms with Crippen LogP contribution in [0.3, 0.4) is 0 Å². The molecule has 0 unspecified atom stereocenters. The van der Waals surface area contributed by atoms with E-state index in [1.54, 1.807) is 12.1 Å². The Labute approximate surface area is 106 Å². The van der Waals surface area contributed by atoms with Crippen LogP contribution in [0.25, 0.3) is 10.8 Å². The molecule has 0 aliphatic carbocycles. The topological polar surface area (TPSA) is 63.6 Å². The van der Waals surface area contributed by atoms with Crippen LogP contribution in [0.2, 0.25) is 0 Å². The van der Waals surface area contributed by atoms with Crippen LogP contribution >= 0.6 is 0 Å². The minimum absolute atomic E-state index is 0.0159. The summed E-state index contributed by atoms with van der Waals surface area (Å²) in [6, 6.07) is 10.9. The Kier molecular flexibility index (Phi) is 3.43. The third-order valence-electron chi connectivity index (χ3n) is 2.54. The van der Waals surface area contributed by atoms with Gasteiger partial charge in [0.05, 0.1) is 5.75 Å². The molecule has 4 nitrogen and oxygen atoms in total. The van der Waals surface area contributed by atoms with Crippen LogP contribution in [0.4, 0.5) is 0 Å². The van der Waals surface area contributed by atoms with Crippen molar-refractivity contribution in [1.29, 1.82) is 0 Å². The molecule has 1 N–H and O–H groups in total. The lowest BCUT2D eigenvalue weighted by molar-refractivity contribution is 0.319. The fourth-order valence-electron chi connectivity index (χ4n) is 1.63. The smallest absolute Gasteiger partial charge is 0.161 e. The standard InChI is InChI=1S/C13H14O4S/c1-18(15,16)7-6-17-13-9-11-5-3-2-4-10(11)8-12(13)14/h2-5,8-9,14H,6-7H2,1H3. The van der Waals surface area contributed by atoms with Crippen LogP contribution < -0.4 is 4.74 Å². The van der Waals surface area contributed by atoms with E-state index >= 15 is 0 Å². The Morgan fingerprint density at radius 2 is 1.78 bits per heavy atom. The predicted molar refractivity (Wildman–Crippen MR) is 70.8 cm³/mol. The summed E-state index contributed by atoms with van der Waals surface area (Å²) in [5.74, 6) is 0.249. The summed E-state index contributed by atoms with van der Waals surface area (Å²) in [6.45, 7) is 0.0325. The number of aromatic hydroxyl groups is 1. The molecule has 2 aromatic rings. The first-order valence-electron chi connectivity index (χ1n) is 5.48. The van der Waals surface area contributed by atoms with E-state index in [4.69, 9.17) is 4.74 Å². The van der Waals surface area contributed by atoms with Gasteiger partial charge in [-0.3, -0.25) is 0 Å². The Bertz CT molecular complexity index is 662. The first-order valence-corrected chi connectivity index (χ1v) is 7.54. The number of hydrogen-bond donors (Lipinski definition) is 1. The fourth-order valence-corrected chi connectivity index (χ4v) is 2.01. The summed E-state index contributed by atoms with van der Waals surface area (Å²) < 4.78 is 27.2. The number of ether oxygens (including phenoxy) is 1. The predicted octanol–water partition coefficient (Wildman–Crippen LogP) is 1.97. The van der Waals surface area contributed by atoms with Gasteiger partial charge in [0.25, 0.3) is 0 Å². The molecular formula is C13H14O4S. The van der Waals surface area contributed by atoms with Crippen molar-refractivity contribution in [2.45, 2.75) is 0 Å². The number of rotatable bonds is 4. The molecule has 5 heteroatoms. The molecule has 0 spiro atoms. The van der Waals surface area contributed by atoms with Crippen LogP contribution in [-0.2, 0) is 9.84 Å². The summed E-state index contributed by atoms with van der Waals surface area (Å²) in [4.78, 5) is 0. The van der Waals surface area contributed by atoms with Crippen molar-refractivity contribution in [3.63, 3.8) is 0 Å². The Morgan fingerprint density at radius 3 is 2.39 bits per heavy atom. The lowest BCUT2D eigenvalue weighted by Gasteiger charge is -2.09. The number of phenols is 1. The van der Waals surface area contributed by atoms with Gasteiger partial charge in [-0.15, -0.1) is 0 Å². The van der Waals surface area contributed by atoms with Crippen LogP contribution in [0.5, 0.6) is 11.5 Å². The number of benzene rings is 2. The van der Waals surface area contributed by atoms with E-state index < -0.39 is 9.84 Å². The normalized spacial score (nSPS) is 11.6. The average Bonchev–Trinajstić information content (AvgIpc) is 2.28. The molecule has 0 saturated heterocycles. The second kappa shape index (κ2) is 4.86. The van der Waals surface area contributed by atoms with E-state index in [9.17, 15) is 13.5 Å². The SMILES string of the molecule is CS(=O)(=O)CCOc1cc2ccccc2cc1O.